The zero-order chi connectivity index (χ0) is 22.5. The topological polar surface area (TPSA) is 16.1 Å². The minimum Gasteiger partial charge on any atom is -0.308 e. The van der Waals surface area contributed by atoms with Crippen LogP contribution in [0.1, 0.15) is 0 Å². The lowest BCUT2D eigenvalue weighted by molar-refractivity contribution is 1.19. The molecule has 34 heavy (non-hydrogen) atoms. The van der Waals surface area contributed by atoms with Gasteiger partial charge in [-0.05, 0) is 52.6 Å². The van der Waals surface area contributed by atoms with Gasteiger partial charge in [0.15, 0.2) is 0 Å². The number of aromatic nitrogens is 1. The summed E-state index contributed by atoms with van der Waals surface area (Å²) < 4.78 is 0. The highest BCUT2D eigenvalue weighted by Crippen LogP contribution is 2.55. The number of hydrogen-bond acceptors (Lipinski definition) is 3. The zero-order valence-electron chi connectivity index (χ0n) is 18.3. The molecule has 0 amide bonds. The average molecular weight is 453 g/mol. The molecule has 7 rings (SSSR count). The summed E-state index contributed by atoms with van der Waals surface area (Å²) in [5, 5.41) is 5.07. The Morgan fingerprint density at radius 3 is 2.09 bits per heavy atom. The Balaban J connectivity index is 1.48. The number of pyridine rings is 1. The Morgan fingerprint density at radius 2 is 1.29 bits per heavy atom. The molecule has 5 aromatic carbocycles. The second kappa shape index (κ2) is 7.75. The van der Waals surface area contributed by atoms with Crippen molar-refractivity contribution in [3.8, 4) is 11.3 Å². The lowest BCUT2D eigenvalue weighted by atomic mass is 10.0. The summed E-state index contributed by atoms with van der Waals surface area (Å²) in [7, 11) is 0. The molecule has 0 aliphatic carbocycles. The smallest absolute Gasteiger partial charge is 0.0701 e. The van der Waals surface area contributed by atoms with Gasteiger partial charge in [-0.2, -0.15) is 0 Å². The van der Waals surface area contributed by atoms with Crippen molar-refractivity contribution in [2.45, 2.75) is 9.79 Å². The maximum absolute atomic E-state index is 4.52. The molecule has 1 aliphatic heterocycles. The minimum atomic E-state index is 0.987. The molecule has 2 heterocycles. The number of anilines is 3. The fourth-order valence-corrected chi connectivity index (χ4v) is 6.09. The van der Waals surface area contributed by atoms with Gasteiger partial charge in [0.2, 0.25) is 0 Å². The van der Waals surface area contributed by atoms with E-state index < -0.39 is 0 Å². The molecule has 0 saturated carbocycles. The van der Waals surface area contributed by atoms with Crippen molar-refractivity contribution in [2.24, 2.45) is 0 Å². The Labute approximate surface area is 202 Å². The van der Waals surface area contributed by atoms with Gasteiger partial charge >= 0.3 is 0 Å². The summed E-state index contributed by atoms with van der Waals surface area (Å²) in [5.74, 6) is 0. The van der Waals surface area contributed by atoms with Crippen molar-refractivity contribution in [3.05, 3.63) is 121 Å². The van der Waals surface area contributed by atoms with Gasteiger partial charge in [-0.15, -0.1) is 0 Å². The predicted octanol–water partition coefficient (Wildman–Crippen LogP) is 8.99. The normalized spacial score (nSPS) is 12.5. The van der Waals surface area contributed by atoms with Crippen molar-refractivity contribution in [3.63, 3.8) is 0 Å². The Kier molecular flexibility index (Phi) is 4.42. The molecule has 160 valence electrons. The van der Waals surface area contributed by atoms with E-state index in [1.807, 2.05) is 30.1 Å². The SMILES string of the molecule is c1ccc(-c2ccc(N3c4ccc5ccccc5c4Sc4ccc5ccccc5c43)cc2)nc1. The highest BCUT2D eigenvalue weighted by Gasteiger charge is 2.28. The molecule has 0 bridgehead atoms. The van der Waals surface area contributed by atoms with Crippen molar-refractivity contribution in [2.75, 3.05) is 4.90 Å². The van der Waals surface area contributed by atoms with Crippen molar-refractivity contribution in [1.82, 2.24) is 4.98 Å². The third kappa shape index (κ3) is 3.01. The van der Waals surface area contributed by atoms with Gasteiger partial charge in [0.25, 0.3) is 0 Å². The molecular formula is C31H20N2S. The van der Waals surface area contributed by atoms with Crippen molar-refractivity contribution >= 4 is 50.4 Å². The molecule has 0 saturated heterocycles. The quantitative estimate of drug-likeness (QED) is 0.260. The molecule has 1 aliphatic rings. The van der Waals surface area contributed by atoms with Crippen LogP contribution in [0.25, 0.3) is 32.8 Å². The maximum atomic E-state index is 4.52. The molecule has 6 aromatic rings. The first-order chi connectivity index (χ1) is 16.9. The average Bonchev–Trinajstić information content (AvgIpc) is 2.92. The van der Waals surface area contributed by atoms with Crippen LogP contribution in [0.15, 0.2) is 131 Å². The first-order valence-electron chi connectivity index (χ1n) is 11.4. The molecular weight excluding hydrogens is 432 g/mol. The van der Waals surface area contributed by atoms with Gasteiger partial charge in [0.1, 0.15) is 0 Å². The van der Waals surface area contributed by atoms with Crippen molar-refractivity contribution < 1.29 is 0 Å². The lowest BCUT2D eigenvalue weighted by Crippen LogP contribution is -2.15. The van der Waals surface area contributed by atoms with Gasteiger partial charge < -0.3 is 4.90 Å². The Hall–Kier alpha value is -4.08. The van der Waals surface area contributed by atoms with Crippen LogP contribution in [0.3, 0.4) is 0 Å². The predicted molar refractivity (Wildman–Crippen MR) is 143 cm³/mol. The fourth-order valence-electron chi connectivity index (χ4n) is 4.88. The third-order valence-electron chi connectivity index (χ3n) is 6.49. The maximum Gasteiger partial charge on any atom is 0.0701 e. The fraction of sp³-hybridized carbons (Fsp3) is 0. The van der Waals surface area contributed by atoms with E-state index >= 15 is 0 Å². The van der Waals surface area contributed by atoms with E-state index in [4.69, 9.17) is 0 Å². The molecule has 0 unspecified atom stereocenters. The molecule has 3 heteroatoms. The molecule has 0 spiro atoms. The highest BCUT2D eigenvalue weighted by atomic mass is 32.2. The monoisotopic (exact) mass is 452 g/mol. The summed E-state index contributed by atoms with van der Waals surface area (Å²) in [6.07, 6.45) is 1.84. The third-order valence-corrected chi connectivity index (χ3v) is 7.67. The molecule has 0 radical (unpaired) electrons. The molecule has 0 atom stereocenters. The molecule has 0 fully saturated rings. The van der Waals surface area contributed by atoms with E-state index in [9.17, 15) is 0 Å². The van der Waals surface area contributed by atoms with E-state index in [1.54, 1.807) is 0 Å². The summed E-state index contributed by atoms with van der Waals surface area (Å²) in [6.45, 7) is 0. The van der Waals surface area contributed by atoms with Gasteiger partial charge in [-0.3, -0.25) is 4.98 Å². The lowest BCUT2D eigenvalue weighted by Gasteiger charge is -2.34. The van der Waals surface area contributed by atoms with Crippen LogP contribution in [0, 0.1) is 0 Å². The van der Waals surface area contributed by atoms with E-state index in [-0.39, 0.29) is 0 Å². The Bertz CT molecular complexity index is 1670. The van der Waals surface area contributed by atoms with Crippen LogP contribution in [-0.4, -0.2) is 4.98 Å². The van der Waals surface area contributed by atoms with Crippen LogP contribution in [0.5, 0.6) is 0 Å². The van der Waals surface area contributed by atoms with E-state index in [0.717, 1.165) is 16.9 Å². The number of fused-ring (bicyclic) bond motifs is 6. The Morgan fingerprint density at radius 1 is 0.588 bits per heavy atom. The second-order valence-electron chi connectivity index (χ2n) is 8.47. The zero-order valence-corrected chi connectivity index (χ0v) is 19.2. The van der Waals surface area contributed by atoms with Gasteiger partial charge in [-0.1, -0.05) is 90.6 Å². The number of benzene rings is 5. The van der Waals surface area contributed by atoms with Crippen LogP contribution < -0.4 is 4.90 Å². The van der Waals surface area contributed by atoms with E-state index in [2.05, 4.69) is 113 Å². The van der Waals surface area contributed by atoms with Crippen LogP contribution in [-0.2, 0) is 0 Å². The van der Waals surface area contributed by atoms with E-state index in [0.29, 0.717) is 0 Å². The van der Waals surface area contributed by atoms with Gasteiger partial charge in [0, 0.05) is 32.6 Å². The molecule has 1 aromatic heterocycles. The van der Waals surface area contributed by atoms with E-state index in [1.165, 1.54) is 42.7 Å². The second-order valence-corrected chi connectivity index (χ2v) is 9.52. The highest BCUT2D eigenvalue weighted by molar-refractivity contribution is 8.00. The number of rotatable bonds is 2. The minimum absolute atomic E-state index is 0.987. The summed E-state index contributed by atoms with van der Waals surface area (Å²) in [6, 6.07) is 41.1. The first-order valence-corrected chi connectivity index (χ1v) is 12.2. The summed E-state index contributed by atoms with van der Waals surface area (Å²) in [4.78, 5) is 9.52. The summed E-state index contributed by atoms with van der Waals surface area (Å²) >= 11 is 1.87. The number of hydrogen-bond donors (Lipinski definition) is 0. The summed E-state index contributed by atoms with van der Waals surface area (Å²) in [5.41, 5.74) is 5.72. The van der Waals surface area contributed by atoms with Crippen LogP contribution in [0.2, 0.25) is 0 Å². The standard InChI is InChI=1S/C31H20N2S/c1-3-9-25-21(7-1)15-19-29-30(25)33(24-16-12-23(13-17-24)27-11-5-6-20-32-27)28-18-14-22-8-2-4-10-26(22)31(28)34-29/h1-20H. The van der Waals surface area contributed by atoms with Gasteiger partial charge in [-0.25, -0.2) is 0 Å². The molecule has 2 nitrogen and oxygen atoms in total. The van der Waals surface area contributed by atoms with Crippen molar-refractivity contribution in [1.29, 1.82) is 0 Å². The first kappa shape index (κ1) is 19.4. The largest absolute Gasteiger partial charge is 0.308 e. The van der Waals surface area contributed by atoms with Gasteiger partial charge in [0.05, 0.1) is 17.1 Å². The van der Waals surface area contributed by atoms with Crippen LogP contribution >= 0.6 is 11.8 Å². The molecule has 0 N–H and O–H groups in total. The van der Waals surface area contributed by atoms with Crippen LogP contribution in [0.4, 0.5) is 17.1 Å². The number of nitrogens with zero attached hydrogens (tertiary/aromatic N) is 2.